The molecule has 2 aliphatic heterocycles. The Labute approximate surface area is 154 Å². The van der Waals surface area contributed by atoms with Crippen molar-refractivity contribution in [2.75, 3.05) is 36.0 Å². The van der Waals surface area contributed by atoms with E-state index in [0.29, 0.717) is 17.7 Å². The highest BCUT2D eigenvalue weighted by atomic mass is 16.2. The van der Waals surface area contributed by atoms with Crippen LogP contribution < -0.4 is 21.0 Å². The monoisotopic (exact) mass is 367 g/mol. The standard InChI is InChI=1S/C18H21N7O2/c1-22-14(5-15(26)23(2)18(22)27)24-6-11-8-25(9-12(11)7-24)17-13-3-4-19-16(13)20-10-21-17/h3-5,10-12H,6-9H2,1-2H3,(H,19,20,21). The molecule has 5 rings (SSSR count). The van der Waals surface area contributed by atoms with Crippen LogP contribution in [0.5, 0.6) is 0 Å². The van der Waals surface area contributed by atoms with Crippen molar-refractivity contribution in [3.05, 3.63) is 45.5 Å². The predicted molar refractivity (Wildman–Crippen MR) is 102 cm³/mol. The summed E-state index contributed by atoms with van der Waals surface area (Å²) in [6.45, 7) is 3.50. The van der Waals surface area contributed by atoms with E-state index in [1.165, 1.54) is 7.05 Å². The van der Waals surface area contributed by atoms with E-state index in [-0.39, 0.29) is 11.2 Å². The first-order chi connectivity index (χ1) is 13.0. The Hall–Kier alpha value is -3.10. The Morgan fingerprint density at radius 3 is 2.44 bits per heavy atom. The highest BCUT2D eigenvalue weighted by Gasteiger charge is 2.41. The van der Waals surface area contributed by atoms with Gasteiger partial charge in [-0.05, 0) is 6.07 Å². The lowest BCUT2D eigenvalue weighted by Gasteiger charge is -2.25. The molecule has 9 nitrogen and oxygen atoms in total. The molecule has 0 aromatic carbocycles. The van der Waals surface area contributed by atoms with E-state index in [9.17, 15) is 9.59 Å². The van der Waals surface area contributed by atoms with E-state index >= 15 is 0 Å². The number of nitrogens with one attached hydrogen (secondary N) is 1. The Balaban J connectivity index is 1.40. The largest absolute Gasteiger partial charge is 0.357 e. The zero-order valence-corrected chi connectivity index (χ0v) is 15.3. The minimum absolute atomic E-state index is 0.261. The molecule has 9 heteroatoms. The summed E-state index contributed by atoms with van der Waals surface area (Å²) in [6.07, 6.45) is 3.49. The maximum Gasteiger partial charge on any atom is 0.332 e. The summed E-state index contributed by atoms with van der Waals surface area (Å²) in [7, 11) is 3.23. The smallest absolute Gasteiger partial charge is 0.332 e. The van der Waals surface area contributed by atoms with Gasteiger partial charge < -0.3 is 14.8 Å². The van der Waals surface area contributed by atoms with Gasteiger partial charge in [0.1, 0.15) is 23.6 Å². The van der Waals surface area contributed by atoms with Gasteiger partial charge in [0.25, 0.3) is 5.56 Å². The van der Waals surface area contributed by atoms with Crippen molar-refractivity contribution < 1.29 is 0 Å². The number of hydrogen-bond acceptors (Lipinski definition) is 6. The third kappa shape index (κ3) is 2.37. The molecule has 2 aliphatic rings. The zero-order valence-electron chi connectivity index (χ0n) is 15.3. The lowest BCUT2D eigenvalue weighted by molar-refractivity contribution is 0.533. The SMILES string of the molecule is Cn1c(N2CC3CN(c4ncnc5[nH]ccc45)CC3C2)cc(=O)n(C)c1=O. The van der Waals surface area contributed by atoms with Crippen LogP contribution in [0.2, 0.25) is 0 Å². The predicted octanol–water partition coefficient (Wildman–Crippen LogP) is -0.0721. The van der Waals surface area contributed by atoms with E-state index in [4.69, 9.17) is 0 Å². The number of hydrogen-bond donors (Lipinski definition) is 1. The number of rotatable bonds is 2. The average Bonchev–Trinajstić information content (AvgIpc) is 3.36. The van der Waals surface area contributed by atoms with Crippen LogP contribution >= 0.6 is 0 Å². The fourth-order valence-electron chi connectivity index (χ4n) is 4.49. The molecule has 0 saturated carbocycles. The van der Waals surface area contributed by atoms with Gasteiger partial charge in [-0.3, -0.25) is 13.9 Å². The van der Waals surface area contributed by atoms with Crippen molar-refractivity contribution in [2.24, 2.45) is 25.9 Å². The fraction of sp³-hybridized carbons (Fsp3) is 0.444. The number of fused-ring (bicyclic) bond motifs is 2. The highest BCUT2D eigenvalue weighted by Crippen LogP contribution is 2.36. The molecule has 1 N–H and O–H groups in total. The summed E-state index contributed by atoms with van der Waals surface area (Å²) < 4.78 is 2.70. The highest BCUT2D eigenvalue weighted by molar-refractivity contribution is 5.87. The van der Waals surface area contributed by atoms with Crippen molar-refractivity contribution in [1.82, 2.24) is 24.1 Å². The second-order valence-electron chi connectivity index (χ2n) is 7.51. The third-order valence-electron chi connectivity index (χ3n) is 5.94. The average molecular weight is 367 g/mol. The molecule has 0 bridgehead atoms. The van der Waals surface area contributed by atoms with Crippen molar-refractivity contribution >= 4 is 22.7 Å². The number of aromatic amines is 1. The molecular formula is C18H21N7O2. The van der Waals surface area contributed by atoms with Crippen molar-refractivity contribution in [1.29, 1.82) is 0 Å². The molecule has 2 saturated heterocycles. The first-order valence-corrected chi connectivity index (χ1v) is 9.08. The van der Waals surface area contributed by atoms with Crippen LogP contribution in [0.25, 0.3) is 11.0 Å². The van der Waals surface area contributed by atoms with Gasteiger partial charge in [-0.2, -0.15) is 0 Å². The molecule has 0 spiro atoms. The minimum Gasteiger partial charge on any atom is -0.357 e. The Kier molecular flexibility index (Phi) is 3.40. The molecule has 27 heavy (non-hydrogen) atoms. The van der Waals surface area contributed by atoms with E-state index in [0.717, 1.165) is 47.6 Å². The van der Waals surface area contributed by atoms with Crippen molar-refractivity contribution in [3.8, 4) is 0 Å². The van der Waals surface area contributed by atoms with Crippen LogP contribution in [0.4, 0.5) is 11.6 Å². The molecule has 0 radical (unpaired) electrons. The number of H-pyrrole nitrogens is 1. The maximum atomic E-state index is 12.2. The molecule has 2 unspecified atom stereocenters. The normalized spacial score (nSPS) is 22.0. The minimum atomic E-state index is -0.285. The first-order valence-electron chi connectivity index (χ1n) is 9.08. The van der Waals surface area contributed by atoms with Crippen LogP contribution in [0.1, 0.15) is 0 Å². The van der Waals surface area contributed by atoms with Gasteiger partial charge in [-0.25, -0.2) is 14.8 Å². The summed E-state index contributed by atoms with van der Waals surface area (Å²) in [5.41, 5.74) is 0.309. The summed E-state index contributed by atoms with van der Waals surface area (Å²) in [6, 6.07) is 3.58. The molecule has 3 aromatic rings. The van der Waals surface area contributed by atoms with Crippen LogP contribution in [-0.2, 0) is 14.1 Å². The molecule has 2 atom stereocenters. The van der Waals surface area contributed by atoms with Crippen LogP contribution in [0.15, 0.2) is 34.2 Å². The lowest BCUT2D eigenvalue weighted by Crippen LogP contribution is -2.40. The quantitative estimate of drug-likeness (QED) is 0.682. The van der Waals surface area contributed by atoms with Gasteiger partial charge >= 0.3 is 5.69 Å². The maximum absolute atomic E-state index is 12.2. The number of aromatic nitrogens is 5. The fourth-order valence-corrected chi connectivity index (χ4v) is 4.49. The Morgan fingerprint density at radius 1 is 1.00 bits per heavy atom. The summed E-state index contributed by atoms with van der Waals surface area (Å²) in [5, 5.41) is 1.04. The first kappa shape index (κ1) is 16.1. The summed E-state index contributed by atoms with van der Waals surface area (Å²) in [4.78, 5) is 40.7. The van der Waals surface area contributed by atoms with Gasteiger partial charge in [-0.1, -0.05) is 0 Å². The molecule has 0 amide bonds. The molecule has 2 fully saturated rings. The lowest BCUT2D eigenvalue weighted by atomic mass is 10.0. The molecule has 5 heterocycles. The van der Waals surface area contributed by atoms with E-state index in [1.54, 1.807) is 24.0 Å². The van der Waals surface area contributed by atoms with Gasteiger partial charge in [-0.15, -0.1) is 0 Å². The van der Waals surface area contributed by atoms with E-state index < -0.39 is 0 Å². The van der Waals surface area contributed by atoms with Crippen molar-refractivity contribution in [2.45, 2.75) is 0 Å². The van der Waals surface area contributed by atoms with Crippen LogP contribution in [0, 0.1) is 11.8 Å². The number of anilines is 2. The van der Waals surface area contributed by atoms with E-state index in [1.807, 2.05) is 12.3 Å². The Bertz CT molecular complexity index is 1130. The number of nitrogens with zero attached hydrogens (tertiary/aromatic N) is 6. The molecular weight excluding hydrogens is 346 g/mol. The van der Waals surface area contributed by atoms with Gasteiger partial charge in [0.05, 0.1) is 5.39 Å². The zero-order chi connectivity index (χ0) is 18.7. The topological polar surface area (TPSA) is 92.0 Å². The van der Waals surface area contributed by atoms with E-state index in [2.05, 4.69) is 24.8 Å². The molecule has 3 aromatic heterocycles. The van der Waals surface area contributed by atoms with Crippen molar-refractivity contribution in [3.63, 3.8) is 0 Å². The van der Waals surface area contributed by atoms with Gasteiger partial charge in [0.2, 0.25) is 0 Å². The molecule has 0 aliphatic carbocycles. The second-order valence-corrected chi connectivity index (χ2v) is 7.51. The van der Waals surface area contributed by atoms with Crippen LogP contribution in [-0.4, -0.2) is 50.3 Å². The third-order valence-corrected chi connectivity index (χ3v) is 5.94. The summed E-state index contributed by atoms with van der Waals surface area (Å²) >= 11 is 0. The summed E-state index contributed by atoms with van der Waals surface area (Å²) in [5.74, 6) is 2.64. The molecule has 140 valence electrons. The second kappa shape index (κ2) is 5.70. The Morgan fingerprint density at radius 2 is 1.70 bits per heavy atom. The van der Waals surface area contributed by atoms with Gasteiger partial charge in [0.15, 0.2) is 0 Å². The van der Waals surface area contributed by atoms with Crippen LogP contribution in [0.3, 0.4) is 0 Å². The van der Waals surface area contributed by atoms with Gasteiger partial charge in [0, 0.05) is 64.4 Å².